The van der Waals surface area contributed by atoms with Crippen LogP contribution in [0.2, 0.25) is 5.02 Å². The number of carbonyl (C=O) groups is 2. The maximum atomic E-state index is 13.6. The molecular formula is C25H19ClN2O3S2. The zero-order valence-corrected chi connectivity index (χ0v) is 19.7. The lowest BCUT2D eigenvalue weighted by Gasteiger charge is -2.43. The first-order chi connectivity index (χ1) is 16.0. The molecule has 7 atom stereocenters. The molecule has 4 aliphatic rings. The van der Waals surface area contributed by atoms with Gasteiger partial charge in [-0.25, -0.2) is 0 Å². The van der Waals surface area contributed by atoms with Gasteiger partial charge in [0, 0.05) is 21.1 Å². The van der Waals surface area contributed by atoms with E-state index >= 15 is 0 Å². The van der Waals surface area contributed by atoms with Crippen molar-refractivity contribution in [2.45, 2.75) is 22.6 Å². The number of thioether (sulfide) groups is 1. The topological polar surface area (TPSA) is 70.2 Å². The van der Waals surface area contributed by atoms with Gasteiger partial charge in [0.2, 0.25) is 11.8 Å². The van der Waals surface area contributed by atoms with E-state index in [9.17, 15) is 14.4 Å². The van der Waals surface area contributed by atoms with Gasteiger partial charge in [-0.15, -0.1) is 11.8 Å². The summed E-state index contributed by atoms with van der Waals surface area (Å²) in [4.78, 5) is 44.9. The third kappa shape index (κ3) is 2.70. The molecule has 2 aromatic carbocycles. The Kier molecular flexibility index (Phi) is 4.30. The van der Waals surface area contributed by atoms with Gasteiger partial charge in [-0.2, -0.15) is 0 Å². The Hall–Kier alpha value is -2.35. The van der Waals surface area contributed by atoms with E-state index in [0.717, 1.165) is 21.9 Å². The Bertz CT molecular complexity index is 1350. The van der Waals surface area contributed by atoms with Gasteiger partial charge in [0.1, 0.15) is 0 Å². The quantitative estimate of drug-likeness (QED) is 0.521. The van der Waals surface area contributed by atoms with E-state index in [-0.39, 0.29) is 57.4 Å². The number of benzene rings is 2. The maximum absolute atomic E-state index is 13.6. The maximum Gasteiger partial charge on any atom is 0.305 e. The molecule has 2 saturated carbocycles. The van der Waals surface area contributed by atoms with E-state index in [1.54, 1.807) is 11.8 Å². The molecule has 1 aromatic heterocycles. The van der Waals surface area contributed by atoms with E-state index in [4.69, 9.17) is 11.6 Å². The van der Waals surface area contributed by atoms with Gasteiger partial charge in [0.15, 0.2) is 0 Å². The molecule has 3 fully saturated rings. The van der Waals surface area contributed by atoms with E-state index in [1.807, 2.05) is 54.6 Å². The Labute approximate surface area is 203 Å². The number of aromatic nitrogens is 1. The summed E-state index contributed by atoms with van der Waals surface area (Å²) in [6, 6.07) is 17.1. The molecule has 2 aliphatic carbocycles. The minimum atomic E-state index is -0.281. The second-order valence-corrected chi connectivity index (χ2v) is 12.0. The van der Waals surface area contributed by atoms with Crippen LogP contribution >= 0.6 is 34.7 Å². The van der Waals surface area contributed by atoms with Crippen LogP contribution < -0.4 is 9.77 Å². The molecule has 3 heterocycles. The number of nitrogens with zero attached hydrogens (tertiary/aromatic N) is 1. The molecule has 0 radical (unpaired) electrons. The first-order valence-electron chi connectivity index (χ1n) is 11.1. The molecule has 5 nitrogen and oxygen atoms in total. The lowest BCUT2D eigenvalue weighted by molar-refractivity contribution is -0.123. The summed E-state index contributed by atoms with van der Waals surface area (Å²) in [7, 11) is 0. The average molecular weight is 495 g/mol. The first kappa shape index (κ1) is 20.1. The van der Waals surface area contributed by atoms with Crippen molar-refractivity contribution in [1.82, 2.24) is 4.98 Å². The normalized spacial score (nSPS) is 33.8. The summed E-state index contributed by atoms with van der Waals surface area (Å²) in [5, 5.41) is 1.79. The van der Waals surface area contributed by atoms with Gasteiger partial charge in [0.25, 0.3) is 0 Å². The average Bonchev–Trinajstić information content (AvgIpc) is 3.54. The molecular weight excluding hydrogens is 476 g/mol. The van der Waals surface area contributed by atoms with Crippen molar-refractivity contribution < 1.29 is 9.59 Å². The van der Waals surface area contributed by atoms with Crippen molar-refractivity contribution >= 4 is 52.2 Å². The molecule has 2 aliphatic heterocycles. The van der Waals surface area contributed by atoms with Crippen LogP contribution in [0.3, 0.4) is 0 Å². The van der Waals surface area contributed by atoms with Crippen molar-refractivity contribution in [3.05, 3.63) is 79.7 Å². The van der Waals surface area contributed by atoms with Gasteiger partial charge in [-0.3, -0.25) is 19.3 Å². The predicted octanol–water partition coefficient (Wildman–Crippen LogP) is 4.77. The minimum absolute atomic E-state index is 0.0251. The van der Waals surface area contributed by atoms with Crippen LogP contribution in [0.5, 0.6) is 0 Å². The molecule has 7 rings (SSSR count). The van der Waals surface area contributed by atoms with Gasteiger partial charge >= 0.3 is 4.87 Å². The van der Waals surface area contributed by atoms with Crippen LogP contribution in [0.4, 0.5) is 5.69 Å². The van der Waals surface area contributed by atoms with E-state index in [0.29, 0.717) is 10.7 Å². The molecule has 166 valence electrons. The number of anilines is 1. The molecule has 1 saturated heterocycles. The Balaban J connectivity index is 1.34. The zero-order valence-electron chi connectivity index (χ0n) is 17.3. The van der Waals surface area contributed by atoms with Crippen molar-refractivity contribution in [3.63, 3.8) is 0 Å². The van der Waals surface area contributed by atoms with Crippen LogP contribution in [0.1, 0.15) is 22.8 Å². The molecule has 0 unspecified atom stereocenters. The summed E-state index contributed by atoms with van der Waals surface area (Å²) >= 11 is 9.15. The molecule has 2 amide bonds. The number of amides is 2. The molecule has 0 spiro atoms. The predicted molar refractivity (Wildman–Crippen MR) is 129 cm³/mol. The second kappa shape index (κ2) is 7.08. The fourth-order valence-corrected chi connectivity index (χ4v) is 9.91. The van der Waals surface area contributed by atoms with Crippen molar-refractivity contribution in [1.29, 1.82) is 0 Å². The summed E-state index contributed by atoms with van der Waals surface area (Å²) in [6.45, 7) is 0. The highest BCUT2D eigenvalue weighted by molar-refractivity contribution is 8.00. The number of hydrogen-bond donors (Lipinski definition) is 1. The third-order valence-corrected chi connectivity index (χ3v) is 10.8. The number of carbonyl (C=O) groups excluding carboxylic acids is 2. The van der Waals surface area contributed by atoms with Crippen LogP contribution in [0.25, 0.3) is 0 Å². The highest BCUT2D eigenvalue weighted by atomic mass is 35.5. The monoisotopic (exact) mass is 494 g/mol. The number of H-pyrrole nitrogens is 1. The molecule has 1 N–H and O–H groups in total. The Morgan fingerprint density at radius 2 is 1.61 bits per heavy atom. The zero-order chi connectivity index (χ0) is 22.4. The molecule has 33 heavy (non-hydrogen) atoms. The van der Waals surface area contributed by atoms with Gasteiger partial charge in [-0.1, -0.05) is 53.3 Å². The van der Waals surface area contributed by atoms with Crippen LogP contribution in [0, 0.1) is 29.6 Å². The number of nitrogens with one attached hydrogen (secondary N) is 1. The first-order valence-corrected chi connectivity index (χ1v) is 13.2. The number of hydrogen-bond acceptors (Lipinski definition) is 5. The Morgan fingerprint density at radius 1 is 0.909 bits per heavy atom. The largest absolute Gasteiger partial charge is 0.307 e. The summed E-state index contributed by atoms with van der Waals surface area (Å²) in [5.74, 6) is -0.192. The number of rotatable bonds is 2. The number of fused-ring (bicyclic) bond motifs is 9. The molecule has 2 bridgehead atoms. The molecule has 8 heteroatoms. The van der Waals surface area contributed by atoms with E-state index in [2.05, 4.69) is 4.98 Å². The van der Waals surface area contributed by atoms with Gasteiger partial charge in [-0.05, 0) is 54.0 Å². The summed E-state index contributed by atoms with van der Waals surface area (Å²) in [6.07, 6.45) is 0.890. The van der Waals surface area contributed by atoms with Crippen LogP contribution in [0.15, 0.2) is 64.4 Å². The third-order valence-electron chi connectivity index (χ3n) is 7.97. The summed E-state index contributed by atoms with van der Waals surface area (Å²) in [5.41, 5.74) is 1.78. The highest BCUT2D eigenvalue weighted by Crippen LogP contribution is 2.68. The number of aromatic amines is 1. The number of imide groups is 1. The fraction of sp³-hybridized carbons (Fsp3) is 0.320. The molecule has 3 aromatic rings. The van der Waals surface area contributed by atoms with E-state index < -0.39 is 0 Å². The minimum Gasteiger partial charge on any atom is -0.307 e. The smallest absolute Gasteiger partial charge is 0.305 e. The second-order valence-electron chi connectivity index (χ2n) is 9.36. The van der Waals surface area contributed by atoms with Crippen molar-refractivity contribution in [2.75, 3.05) is 4.90 Å². The lowest BCUT2D eigenvalue weighted by Crippen LogP contribution is -2.42. The van der Waals surface area contributed by atoms with Crippen molar-refractivity contribution in [3.8, 4) is 0 Å². The number of halogens is 1. The van der Waals surface area contributed by atoms with Gasteiger partial charge < -0.3 is 4.98 Å². The Morgan fingerprint density at radius 3 is 2.33 bits per heavy atom. The standard InChI is InChI=1S/C25H19ClN2O3S2/c26-12-8-6-11(7-9-12)16-17-14-10-15(20(17)32-22-21(16)33-25(31)27-22)19-18(14)23(29)28(24(19)30)13-4-2-1-3-5-13/h1-9,14-20H,10H2,(H,27,31)/t14-,15-,16+,17-,18-,19+,20-/m1/s1. The SMILES string of the molecule is O=C1[C@@H]2[C@@H]3C[C@@H]([C@H]4Sc5[nH]c(=O)sc5[C@@H](c5ccc(Cl)cc5)[C@@H]34)[C@@H]2C(=O)N1c1ccccc1. The highest BCUT2D eigenvalue weighted by Gasteiger charge is 2.69. The van der Waals surface area contributed by atoms with Crippen LogP contribution in [-0.4, -0.2) is 22.0 Å². The summed E-state index contributed by atoms with van der Waals surface area (Å²) < 4.78 is 0. The van der Waals surface area contributed by atoms with E-state index in [1.165, 1.54) is 16.2 Å². The lowest BCUT2D eigenvalue weighted by atomic mass is 9.68. The van der Waals surface area contributed by atoms with Crippen molar-refractivity contribution in [2.24, 2.45) is 29.6 Å². The van der Waals surface area contributed by atoms with Gasteiger partial charge in [0.05, 0.1) is 22.5 Å². The number of para-hydroxylation sites is 1. The van der Waals surface area contributed by atoms with Crippen LogP contribution in [-0.2, 0) is 9.59 Å². The fourth-order valence-electron chi connectivity index (χ4n) is 6.89. The number of thiazole rings is 1.